The lowest BCUT2D eigenvalue weighted by Gasteiger charge is -2.11. The number of benzene rings is 1. The van der Waals surface area contributed by atoms with Gasteiger partial charge >= 0.3 is 0 Å². The van der Waals surface area contributed by atoms with Gasteiger partial charge in [-0.1, -0.05) is 0 Å². The Bertz CT molecular complexity index is 538. The van der Waals surface area contributed by atoms with Crippen LogP contribution in [0.25, 0.3) is 0 Å². The van der Waals surface area contributed by atoms with Crippen LogP contribution in [0.3, 0.4) is 0 Å². The molecule has 0 radical (unpaired) electrons. The number of nitrogens with zero attached hydrogens (tertiary/aromatic N) is 1. The normalized spacial score (nSPS) is 11.6. The summed E-state index contributed by atoms with van der Waals surface area (Å²) in [5.41, 5.74) is 0.431. The number of hydrogen-bond acceptors (Lipinski definition) is 4. The van der Waals surface area contributed by atoms with Gasteiger partial charge in [-0.05, 0) is 30.7 Å². The zero-order valence-corrected chi connectivity index (χ0v) is 12.7. The van der Waals surface area contributed by atoms with Crippen molar-refractivity contribution in [3.63, 3.8) is 0 Å². The van der Waals surface area contributed by atoms with Gasteiger partial charge < -0.3 is 10.1 Å². The second-order valence-corrected chi connectivity index (χ2v) is 6.57. The van der Waals surface area contributed by atoms with Crippen molar-refractivity contribution in [1.82, 2.24) is 9.62 Å². The number of carbonyl (C=O) groups excluding carboxylic acids is 1. The minimum Gasteiger partial charge on any atom is -0.385 e. The molecule has 0 aliphatic rings. The Morgan fingerprint density at radius 3 is 2.35 bits per heavy atom. The van der Waals surface area contributed by atoms with Gasteiger partial charge in [0.05, 0.1) is 4.90 Å². The Balaban J connectivity index is 2.69. The van der Waals surface area contributed by atoms with E-state index in [9.17, 15) is 13.2 Å². The van der Waals surface area contributed by atoms with Crippen LogP contribution >= 0.6 is 0 Å². The van der Waals surface area contributed by atoms with Crippen LogP contribution in [0, 0.1) is 0 Å². The number of amides is 1. The van der Waals surface area contributed by atoms with E-state index in [1.54, 1.807) is 7.11 Å². The van der Waals surface area contributed by atoms with Gasteiger partial charge in [0, 0.05) is 39.9 Å². The fourth-order valence-electron chi connectivity index (χ4n) is 1.51. The summed E-state index contributed by atoms with van der Waals surface area (Å²) in [5, 5.41) is 2.74. The smallest absolute Gasteiger partial charge is 0.251 e. The van der Waals surface area contributed by atoms with Crippen LogP contribution in [-0.2, 0) is 14.8 Å². The van der Waals surface area contributed by atoms with Gasteiger partial charge in [0.25, 0.3) is 5.91 Å². The van der Waals surface area contributed by atoms with Gasteiger partial charge in [-0.25, -0.2) is 12.7 Å². The standard InChI is InChI=1S/C13H20N2O4S/c1-15(2)20(17,18)12-7-5-11(6-8-12)13(16)14-9-4-10-19-3/h5-8H,4,9-10H2,1-3H3,(H,14,16). The Morgan fingerprint density at radius 1 is 1.25 bits per heavy atom. The topological polar surface area (TPSA) is 75.7 Å². The van der Waals surface area contributed by atoms with E-state index in [1.807, 2.05) is 0 Å². The maximum Gasteiger partial charge on any atom is 0.251 e. The number of hydrogen-bond donors (Lipinski definition) is 1. The van der Waals surface area contributed by atoms with E-state index in [2.05, 4.69) is 5.32 Å². The molecule has 0 saturated heterocycles. The molecule has 0 fully saturated rings. The number of nitrogens with one attached hydrogen (secondary N) is 1. The van der Waals surface area contributed by atoms with E-state index >= 15 is 0 Å². The lowest BCUT2D eigenvalue weighted by atomic mass is 10.2. The number of sulfonamides is 1. The van der Waals surface area contributed by atoms with Crippen molar-refractivity contribution < 1.29 is 17.9 Å². The molecule has 0 aromatic heterocycles. The second kappa shape index (κ2) is 7.37. The molecular weight excluding hydrogens is 280 g/mol. The van der Waals surface area contributed by atoms with Gasteiger partial charge in [-0.3, -0.25) is 4.79 Å². The molecule has 7 heteroatoms. The SMILES string of the molecule is COCCCNC(=O)c1ccc(S(=O)(=O)N(C)C)cc1. The van der Waals surface area contributed by atoms with Crippen molar-refractivity contribution in [2.45, 2.75) is 11.3 Å². The third-order valence-corrected chi connectivity index (χ3v) is 4.54. The largest absolute Gasteiger partial charge is 0.385 e. The van der Waals surface area contributed by atoms with Crippen molar-refractivity contribution in [2.75, 3.05) is 34.4 Å². The molecule has 112 valence electrons. The summed E-state index contributed by atoms with van der Waals surface area (Å²) in [6, 6.07) is 5.86. The van der Waals surface area contributed by atoms with E-state index in [4.69, 9.17) is 4.74 Å². The molecule has 0 saturated carbocycles. The predicted octanol–water partition coefficient (Wildman–Crippen LogP) is 0.703. The lowest BCUT2D eigenvalue weighted by Crippen LogP contribution is -2.25. The molecule has 0 bridgehead atoms. The first-order chi connectivity index (χ1) is 9.39. The van der Waals surface area contributed by atoms with E-state index < -0.39 is 10.0 Å². The highest BCUT2D eigenvalue weighted by atomic mass is 32.2. The second-order valence-electron chi connectivity index (χ2n) is 4.41. The van der Waals surface area contributed by atoms with Crippen LogP contribution in [0.5, 0.6) is 0 Å². The molecule has 20 heavy (non-hydrogen) atoms. The maximum absolute atomic E-state index is 11.9. The first kappa shape index (κ1) is 16.6. The van der Waals surface area contributed by atoms with Crippen molar-refractivity contribution in [2.24, 2.45) is 0 Å². The van der Waals surface area contributed by atoms with Crippen LogP contribution in [-0.4, -0.2) is 53.0 Å². The van der Waals surface area contributed by atoms with E-state index in [0.717, 1.165) is 10.7 Å². The first-order valence-electron chi connectivity index (χ1n) is 6.19. The summed E-state index contributed by atoms with van der Waals surface area (Å²) in [5.74, 6) is -0.227. The summed E-state index contributed by atoms with van der Waals surface area (Å²) in [6.07, 6.45) is 0.731. The Morgan fingerprint density at radius 2 is 1.85 bits per heavy atom. The molecule has 1 aromatic carbocycles. The third kappa shape index (κ3) is 4.29. The summed E-state index contributed by atoms with van der Waals surface area (Å²) in [7, 11) is 1.07. The van der Waals surface area contributed by atoms with Crippen LogP contribution in [0.2, 0.25) is 0 Å². The molecule has 0 unspecified atom stereocenters. The van der Waals surface area contributed by atoms with Crippen molar-refractivity contribution in [1.29, 1.82) is 0 Å². The predicted molar refractivity (Wildman–Crippen MR) is 76.1 cm³/mol. The molecule has 1 amide bonds. The summed E-state index contributed by atoms with van der Waals surface area (Å²) < 4.78 is 29.8. The average Bonchev–Trinajstić information content (AvgIpc) is 2.43. The van der Waals surface area contributed by atoms with Crippen molar-refractivity contribution in [3.8, 4) is 0 Å². The van der Waals surface area contributed by atoms with E-state index in [-0.39, 0.29) is 10.8 Å². The van der Waals surface area contributed by atoms with Gasteiger partial charge in [0.1, 0.15) is 0 Å². The zero-order valence-electron chi connectivity index (χ0n) is 11.9. The molecule has 0 aliphatic carbocycles. The number of carbonyl (C=O) groups is 1. The molecule has 0 heterocycles. The number of methoxy groups -OCH3 is 1. The van der Waals surface area contributed by atoms with Crippen molar-refractivity contribution in [3.05, 3.63) is 29.8 Å². The molecule has 1 rings (SSSR count). The summed E-state index contributed by atoms with van der Waals surface area (Å²) in [4.78, 5) is 12.0. The fourth-order valence-corrected chi connectivity index (χ4v) is 2.41. The average molecular weight is 300 g/mol. The highest BCUT2D eigenvalue weighted by Gasteiger charge is 2.17. The summed E-state index contributed by atoms with van der Waals surface area (Å²) in [6.45, 7) is 1.10. The highest BCUT2D eigenvalue weighted by molar-refractivity contribution is 7.89. The quantitative estimate of drug-likeness (QED) is 0.752. The number of rotatable bonds is 7. The van der Waals surface area contributed by atoms with Crippen molar-refractivity contribution >= 4 is 15.9 Å². The Hall–Kier alpha value is -1.44. The third-order valence-electron chi connectivity index (χ3n) is 2.71. The van der Waals surface area contributed by atoms with Gasteiger partial charge in [0.15, 0.2) is 0 Å². The molecule has 1 aromatic rings. The van der Waals surface area contributed by atoms with Crippen LogP contribution in [0.1, 0.15) is 16.8 Å². The molecule has 0 atom stereocenters. The lowest BCUT2D eigenvalue weighted by molar-refractivity contribution is 0.0948. The highest BCUT2D eigenvalue weighted by Crippen LogP contribution is 2.13. The van der Waals surface area contributed by atoms with Gasteiger partial charge in [0.2, 0.25) is 10.0 Å². The summed E-state index contributed by atoms with van der Waals surface area (Å²) >= 11 is 0. The minimum absolute atomic E-state index is 0.165. The Labute approximate surface area is 119 Å². The molecule has 6 nitrogen and oxygen atoms in total. The molecule has 1 N–H and O–H groups in total. The first-order valence-corrected chi connectivity index (χ1v) is 7.63. The van der Waals surface area contributed by atoms with E-state index in [0.29, 0.717) is 18.7 Å². The van der Waals surface area contributed by atoms with Gasteiger partial charge in [-0.15, -0.1) is 0 Å². The Kier molecular flexibility index (Phi) is 6.12. The monoisotopic (exact) mass is 300 g/mol. The molecule has 0 aliphatic heterocycles. The molecular formula is C13H20N2O4S. The zero-order chi connectivity index (χ0) is 15.2. The van der Waals surface area contributed by atoms with Crippen LogP contribution in [0.15, 0.2) is 29.2 Å². The van der Waals surface area contributed by atoms with Gasteiger partial charge in [-0.2, -0.15) is 0 Å². The number of ether oxygens (including phenoxy) is 1. The maximum atomic E-state index is 11.9. The van der Waals surface area contributed by atoms with E-state index in [1.165, 1.54) is 38.4 Å². The fraction of sp³-hybridized carbons (Fsp3) is 0.462. The van der Waals surface area contributed by atoms with Crippen LogP contribution < -0.4 is 5.32 Å². The molecule has 0 spiro atoms. The minimum atomic E-state index is -3.46. The van der Waals surface area contributed by atoms with Crippen LogP contribution in [0.4, 0.5) is 0 Å².